The van der Waals surface area contributed by atoms with E-state index in [9.17, 15) is 14.7 Å². The first-order valence-corrected chi connectivity index (χ1v) is 17.1. The minimum absolute atomic E-state index is 0.141. The highest BCUT2D eigenvalue weighted by Gasteiger charge is 2.57. The average Bonchev–Trinajstić information content (AvgIpc) is 3.74. The topological polar surface area (TPSA) is 150 Å². The highest BCUT2D eigenvalue weighted by Crippen LogP contribution is 2.46. The fourth-order valence-corrected chi connectivity index (χ4v) is 7.92. The molecule has 0 radical (unpaired) electrons. The summed E-state index contributed by atoms with van der Waals surface area (Å²) in [5.74, 6) is -0.711. The number of carboxylic acid groups (broad SMARTS) is 1. The Labute approximate surface area is 278 Å². The number of carbonyl (C=O) groups is 2. The van der Waals surface area contributed by atoms with Crippen LogP contribution in [0.4, 0.5) is 10.6 Å². The molecule has 47 heavy (non-hydrogen) atoms. The minimum Gasteiger partial charge on any atom is -0.480 e. The lowest BCUT2D eigenvalue weighted by Crippen LogP contribution is -2.52. The smallest absolute Gasteiger partial charge is 0.411 e. The number of thioether (sulfide) groups is 1. The van der Waals surface area contributed by atoms with E-state index < -0.39 is 41.3 Å². The zero-order valence-corrected chi connectivity index (χ0v) is 28.5. The number of fused-ring (bicyclic) bond motifs is 2. The van der Waals surface area contributed by atoms with Gasteiger partial charge in [0.05, 0.1) is 12.4 Å². The summed E-state index contributed by atoms with van der Waals surface area (Å²) in [5.41, 5.74) is 0.441. The SMILES string of the molecule is CC(C)(C)OC(=O)N1C[C@@H](SC[C@H]2O[C@@H](n3cnc4c(NCCCc5ccccc5)ncnc43)[C@@H]3OC(C)(C)O[C@@H]32)C[C@@]1(C)C(=O)O. The van der Waals surface area contributed by atoms with Gasteiger partial charge >= 0.3 is 12.1 Å². The van der Waals surface area contributed by atoms with Gasteiger partial charge in [0.2, 0.25) is 0 Å². The molecule has 0 saturated carbocycles. The Kier molecular flexibility index (Phi) is 9.15. The number of nitrogens with one attached hydrogen (secondary N) is 1. The van der Waals surface area contributed by atoms with E-state index in [-0.39, 0.29) is 30.4 Å². The Balaban J connectivity index is 1.14. The van der Waals surface area contributed by atoms with Crippen LogP contribution in [0.2, 0.25) is 0 Å². The van der Waals surface area contributed by atoms with Crippen LogP contribution in [0.25, 0.3) is 11.2 Å². The number of likely N-dealkylation sites (tertiary alicyclic amines) is 1. The van der Waals surface area contributed by atoms with E-state index in [1.165, 1.54) is 16.8 Å². The average molecular weight is 669 g/mol. The van der Waals surface area contributed by atoms with E-state index in [0.717, 1.165) is 19.4 Å². The van der Waals surface area contributed by atoms with Crippen LogP contribution in [0, 0.1) is 0 Å². The maximum absolute atomic E-state index is 13.0. The van der Waals surface area contributed by atoms with Crippen molar-refractivity contribution in [1.29, 1.82) is 0 Å². The van der Waals surface area contributed by atoms with Crippen molar-refractivity contribution in [2.45, 2.75) is 108 Å². The molecule has 2 aromatic heterocycles. The molecule has 3 saturated heterocycles. The fourth-order valence-electron chi connectivity index (χ4n) is 6.49. The number of ether oxygens (including phenoxy) is 4. The Morgan fingerprint density at radius 1 is 1.11 bits per heavy atom. The third-order valence-electron chi connectivity index (χ3n) is 8.71. The molecule has 14 heteroatoms. The number of nitrogens with zero attached hydrogens (tertiary/aromatic N) is 5. The van der Waals surface area contributed by atoms with Gasteiger partial charge in [0.1, 0.15) is 29.7 Å². The van der Waals surface area contributed by atoms with E-state index >= 15 is 0 Å². The number of carboxylic acids is 1. The Morgan fingerprint density at radius 2 is 1.85 bits per heavy atom. The Bertz CT molecular complexity index is 1600. The summed E-state index contributed by atoms with van der Waals surface area (Å²) in [6, 6.07) is 10.4. The van der Waals surface area contributed by atoms with Crippen molar-refractivity contribution in [3.63, 3.8) is 0 Å². The number of hydrogen-bond donors (Lipinski definition) is 2. The molecule has 254 valence electrons. The molecule has 0 unspecified atom stereocenters. The van der Waals surface area contributed by atoms with Crippen LogP contribution < -0.4 is 5.32 Å². The standard InChI is InChI=1S/C33H44N6O7S/c1-31(2,3)46-30(42)39-16-21(15-33(39,6)29(40)41)47-17-22-24-25(45-32(4,5)44-24)28(43-22)38-19-37-23-26(35-18-36-27(23)38)34-14-10-13-20-11-8-7-9-12-20/h7-9,11-12,18-19,21-22,24-25,28H,10,13-17H2,1-6H3,(H,40,41)(H,34,35,36)/t21-,22+,24+,25+,28+,33-/m0/s1. The minimum atomic E-state index is -1.38. The predicted molar refractivity (Wildman–Crippen MR) is 176 cm³/mol. The molecule has 6 rings (SSSR count). The summed E-state index contributed by atoms with van der Waals surface area (Å²) >= 11 is 1.57. The van der Waals surface area contributed by atoms with Crippen molar-refractivity contribution < 1.29 is 33.6 Å². The molecule has 5 heterocycles. The van der Waals surface area contributed by atoms with Crippen LogP contribution in [-0.4, -0.2) is 101 Å². The highest BCUT2D eigenvalue weighted by molar-refractivity contribution is 8.00. The fraction of sp³-hybridized carbons (Fsp3) is 0.606. The lowest BCUT2D eigenvalue weighted by Gasteiger charge is -2.32. The van der Waals surface area contributed by atoms with Crippen LogP contribution in [0.5, 0.6) is 0 Å². The molecule has 0 aliphatic carbocycles. The van der Waals surface area contributed by atoms with Crippen molar-refractivity contribution in [3.8, 4) is 0 Å². The first-order chi connectivity index (χ1) is 22.2. The first kappa shape index (κ1) is 33.4. The number of amides is 1. The third-order valence-corrected chi connectivity index (χ3v) is 10.0. The summed E-state index contributed by atoms with van der Waals surface area (Å²) in [6.07, 6.45) is 3.07. The van der Waals surface area contributed by atoms with Gasteiger partial charge in [-0.05, 0) is 66.4 Å². The zero-order chi connectivity index (χ0) is 33.6. The van der Waals surface area contributed by atoms with Crippen molar-refractivity contribution in [2.24, 2.45) is 0 Å². The molecule has 3 fully saturated rings. The van der Waals surface area contributed by atoms with E-state index in [2.05, 4.69) is 32.4 Å². The first-order valence-electron chi connectivity index (χ1n) is 16.1. The van der Waals surface area contributed by atoms with Gasteiger partial charge in [0.25, 0.3) is 0 Å². The maximum Gasteiger partial charge on any atom is 0.411 e. The summed E-state index contributed by atoms with van der Waals surface area (Å²) in [5, 5.41) is 13.4. The molecular weight excluding hydrogens is 624 g/mol. The van der Waals surface area contributed by atoms with Crippen molar-refractivity contribution in [2.75, 3.05) is 24.2 Å². The number of carbonyl (C=O) groups excluding carboxylic acids is 1. The molecule has 6 atom stereocenters. The Hall–Kier alpha value is -3.46. The van der Waals surface area contributed by atoms with Gasteiger partial charge in [-0.25, -0.2) is 24.5 Å². The Morgan fingerprint density at radius 3 is 2.57 bits per heavy atom. The van der Waals surface area contributed by atoms with Crippen LogP contribution in [0.1, 0.15) is 66.2 Å². The molecule has 1 amide bonds. The van der Waals surface area contributed by atoms with Gasteiger partial charge < -0.3 is 29.4 Å². The number of aromatic nitrogens is 4. The molecule has 13 nitrogen and oxygen atoms in total. The number of benzene rings is 1. The van der Waals surface area contributed by atoms with Crippen LogP contribution in [0.3, 0.4) is 0 Å². The molecule has 0 spiro atoms. The molecule has 3 aliphatic heterocycles. The normalized spacial score (nSPS) is 28.5. The maximum atomic E-state index is 13.0. The zero-order valence-electron chi connectivity index (χ0n) is 27.7. The quantitative estimate of drug-likeness (QED) is 0.284. The van der Waals surface area contributed by atoms with E-state index in [1.54, 1.807) is 45.8 Å². The van der Waals surface area contributed by atoms with E-state index in [0.29, 0.717) is 22.7 Å². The number of imidazole rings is 1. The number of aryl methyl sites for hydroxylation is 1. The number of aliphatic carboxylic acids is 1. The molecule has 2 N–H and O–H groups in total. The summed E-state index contributed by atoms with van der Waals surface area (Å²) in [4.78, 5) is 40.3. The van der Waals surface area contributed by atoms with Crippen molar-refractivity contribution in [1.82, 2.24) is 24.4 Å². The van der Waals surface area contributed by atoms with Gasteiger partial charge in [0, 0.05) is 24.1 Å². The second kappa shape index (κ2) is 12.9. The lowest BCUT2D eigenvalue weighted by atomic mass is 9.99. The van der Waals surface area contributed by atoms with Gasteiger partial charge in [-0.1, -0.05) is 30.3 Å². The number of rotatable bonds is 10. The highest BCUT2D eigenvalue weighted by atomic mass is 32.2. The molecule has 3 aromatic rings. The van der Waals surface area contributed by atoms with E-state index in [1.807, 2.05) is 36.6 Å². The number of anilines is 1. The monoisotopic (exact) mass is 668 g/mol. The van der Waals surface area contributed by atoms with Gasteiger partial charge in [-0.2, -0.15) is 11.8 Å². The van der Waals surface area contributed by atoms with Crippen LogP contribution in [0.15, 0.2) is 43.0 Å². The lowest BCUT2D eigenvalue weighted by molar-refractivity contribution is -0.193. The van der Waals surface area contributed by atoms with Crippen molar-refractivity contribution >= 4 is 40.8 Å². The number of hydrogen-bond acceptors (Lipinski definition) is 11. The molecule has 0 bridgehead atoms. The van der Waals surface area contributed by atoms with Crippen LogP contribution >= 0.6 is 11.8 Å². The summed E-state index contributed by atoms with van der Waals surface area (Å²) in [6.45, 7) is 11.6. The summed E-state index contributed by atoms with van der Waals surface area (Å²) < 4.78 is 26.7. The molecule has 1 aromatic carbocycles. The third kappa shape index (κ3) is 7.06. The second-order valence-electron chi connectivity index (χ2n) is 14.0. The van der Waals surface area contributed by atoms with Crippen LogP contribution in [-0.2, 0) is 30.2 Å². The predicted octanol–water partition coefficient (Wildman–Crippen LogP) is 4.87. The summed E-state index contributed by atoms with van der Waals surface area (Å²) in [7, 11) is 0. The van der Waals surface area contributed by atoms with Gasteiger partial charge in [0.15, 0.2) is 29.0 Å². The molecular formula is C33H44N6O7S. The molecule has 3 aliphatic rings. The van der Waals surface area contributed by atoms with Crippen molar-refractivity contribution in [3.05, 3.63) is 48.5 Å². The second-order valence-corrected chi connectivity index (χ2v) is 15.4. The largest absolute Gasteiger partial charge is 0.480 e. The van der Waals surface area contributed by atoms with Gasteiger partial charge in [-0.15, -0.1) is 0 Å². The van der Waals surface area contributed by atoms with E-state index in [4.69, 9.17) is 18.9 Å². The van der Waals surface area contributed by atoms with Gasteiger partial charge in [-0.3, -0.25) is 9.47 Å².